The molecule has 0 N–H and O–H groups in total. The molecule has 1 aliphatic heterocycles. The van der Waals surface area contributed by atoms with Crippen molar-refractivity contribution in [2.24, 2.45) is 0 Å². The number of carbonyl (C=O) groups excluding carboxylic acids is 1. The highest BCUT2D eigenvalue weighted by Gasteiger charge is 2.24. The Bertz CT molecular complexity index is 1280. The van der Waals surface area contributed by atoms with Gasteiger partial charge in [0.2, 0.25) is 0 Å². The lowest BCUT2D eigenvalue weighted by molar-refractivity contribution is 0.0747. The molecule has 0 radical (unpaired) electrons. The molecule has 162 valence electrons. The van der Waals surface area contributed by atoms with Crippen LogP contribution in [0, 0.1) is 20.8 Å². The average molecular weight is 425 g/mol. The summed E-state index contributed by atoms with van der Waals surface area (Å²) in [6, 6.07) is 22.5. The first-order valence-electron chi connectivity index (χ1n) is 11.2. The standard InChI is InChI=1S/C27H28N4O/c1-19-8-7-11-25(20(19)2)29-14-16-30(17-15-29)27(32)22-12-13-26-24(18-22)28-21(3)31(26)23-9-5-4-6-10-23/h4-13,18H,14-17H2,1-3H3. The average Bonchev–Trinajstić information content (AvgIpc) is 3.16. The number of fused-ring (bicyclic) bond motifs is 1. The Balaban J connectivity index is 1.35. The summed E-state index contributed by atoms with van der Waals surface area (Å²) >= 11 is 0. The third-order valence-electron chi connectivity index (χ3n) is 6.57. The Labute approximate surface area is 188 Å². The fourth-order valence-electron chi connectivity index (χ4n) is 4.65. The molecule has 1 amide bonds. The lowest BCUT2D eigenvalue weighted by Gasteiger charge is -2.37. The molecule has 5 nitrogen and oxygen atoms in total. The maximum absolute atomic E-state index is 13.2. The molecule has 4 aromatic rings. The van der Waals surface area contributed by atoms with Crippen molar-refractivity contribution in [2.75, 3.05) is 31.1 Å². The molecule has 0 spiro atoms. The van der Waals surface area contributed by atoms with Crippen LogP contribution in [0.4, 0.5) is 5.69 Å². The number of aromatic nitrogens is 2. The quantitative estimate of drug-likeness (QED) is 0.469. The van der Waals surface area contributed by atoms with E-state index in [4.69, 9.17) is 4.98 Å². The smallest absolute Gasteiger partial charge is 0.254 e. The molecule has 0 aliphatic carbocycles. The van der Waals surface area contributed by atoms with Gasteiger partial charge in [-0.1, -0.05) is 30.3 Å². The van der Waals surface area contributed by atoms with Gasteiger partial charge in [0.05, 0.1) is 11.0 Å². The molecule has 0 unspecified atom stereocenters. The van der Waals surface area contributed by atoms with E-state index < -0.39 is 0 Å². The number of anilines is 1. The lowest BCUT2D eigenvalue weighted by atomic mass is 10.1. The number of nitrogens with zero attached hydrogens (tertiary/aromatic N) is 4. The molecular formula is C27H28N4O. The summed E-state index contributed by atoms with van der Waals surface area (Å²) in [4.78, 5) is 22.3. The number of amides is 1. The van der Waals surface area contributed by atoms with Crippen LogP contribution in [0.3, 0.4) is 0 Å². The van der Waals surface area contributed by atoms with Crippen molar-refractivity contribution in [1.82, 2.24) is 14.5 Å². The Hall–Kier alpha value is -3.60. The highest BCUT2D eigenvalue weighted by Crippen LogP contribution is 2.26. The molecule has 1 aliphatic rings. The number of para-hydroxylation sites is 1. The van der Waals surface area contributed by atoms with Crippen LogP contribution in [0.5, 0.6) is 0 Å². The van der Waals surface area contributed by atoms with Crippen LogP contribution < -0.4 is 4.90 Å². The number of hydrogen-bond acceptors (Lipinski definition) is 3. The van der Waals surface area contributed by atoms with Crippen LogP contribution in [-0.4, -0.2) is 46.5 Å². The van der Waals surface area contributed by atoms with Crippen LogP contribution in [0.1, 0.15) is 27.3 Å². The van der Waals surface area contributed by atoms with Crippen LogP contribution in [-0.2, 0) is 0 Å². The van der Waals surface area contributed by atoms with E-state index in [1.54, 1.807) is 0 Å². The summed E-state index contributed by atoms with van der Waals surface area (Å²) in [5, 5.41) is 0. The van der Waals surface area contributed by atoms with E-state index >= 15 is 0 Å². The highest BCUT2D eigenvalue weighted by molar-refractivity contribution is 5.97. The molecule has 0 atom stereocenters. The van der Waals surface area contributed by atoms with Gasteiger partial charge in [-0.25, -0.2) is 4.98 Å². The summed E-state index contributed by atoms with van der Waals surface area (Å²) in [5.41, 5.74) is 7.56. The molecule has 5 heteroatoms. The number of benzene rings is 3. The number of hydrogen-bond donors (Lipinski definition) is 0. The predicted octanol–water partition coefficient (Wildman–Crippen LogP) is 4.91. The van der Waals surface area contributed by atoms with Crippen molar-refractivity contribution in [1.29, 1.82) is 0 Å². The Morgan fingerprint density at radius 1 is 0.844 bits per heavy atom. The van der Waals surface area contributed by atoms with Crippen LogP contribution in [0.2, 0.25) is 0 Å². The summed E-state index contributed by atoms with van der Waals surface area (Å²) in [6.45, 7) is 9.47. The van der Waals surface area contributed by atoms with Crippen molar-refractivity contribution in [3.05, 3.63) is 89.2 Å². The van der Waals surface area contributed by atoms with Gasteiger partial charge in [0.25, 0.3) is 5.91 Å². The van der Waals surface area contributed by atoms with Crippen LogP contribution in [0.15, 0.2) is 66.7 Å². The number of piperazine rings is 1. The zero-order chi connectivity index (χ0) is 22.2. The van der Waals surface area contributed by atoms with E-state index in [-0.39, 0.29) is 5.91 Å². The van der Waals surface area contributed by atoms with E-state index in [9.17, 15) is 4.79 Å². The summed E-state index contributed by atoms with van der Waals surface area (Å²) in [5.74, 6) is 0.998. The largest absolute Gasteiger partial charge is 0.368 e. The van der Waals surface area contributed by atoms with Gasteiger partial charge >= 0.3 is 0 Å². The van der Waals surface area contributed by atoms with Crippen LogP contribution in [0.25, 0.3) is 16.7 Å². The Morgan fingerprint density at radius 3 is 2.34 bits per heavy atom. The molecule has 32 heavy (non-hydrogen) atoms. The van der Waals surface area contributed by atoms with Crippen LogP contribution >= 0.6 is 0 Å². The van der Waals surface area contributed by atoms with Crippen molar-refractivity contribution in [2.45, 2.75) is 20.8 Å². The Morgan fingerprint density at radius 2 is 1.59 bits per heavy atom. The molecule has 5 rings (SSSR count). The van der Waals surface area contributed by atoms with Gasteiger partial charge in [0.15, 0.2) is 0 Å². The van der Waals surface area contributed by atoms with Crippen molar-refractivity contribution < 1.29 is 4.79 Å². The van der Waals surface area contributed by atoms with Gasteiger partial charge in [0, 0.05) is 43.1 Å². The predicted molar refractivity (Wildman–Crippen MR) is 130 cm³/mol. The third-order valence-corrected chi connectivity index (χ3v) is 6.57. The fourth-order valence-corrected chi connectivity index (χ4v) is 4.65. The number of rotatable bonds is 3. The summed E-state index contributed by atoms with van der Waals surface area (Å²) in [7, 11) is 0. The van der Waals surface area contributed by atoms with E-state index in [0.717, 1.165) is 48.7 Å². The number of imidazole rings is 1. The van der Waals surface area contributed by atoms with Gasteiger partial charge in [0.1, 0.15) is 5.82 Å². The second-order valence-corrected chi connectivity index (χ2v) is 8.53. The van der Waals surface area contributed by atoms with E-state index in [2.05, 4.69) is 53.6 Å². The monoisotopic (exact) mass is 424 g/mol. The van der Waals surface area contributed by atoms with Gasteiger partial charge in [-0.05, 0) is 68.3 Å². The molecular weight excluding hydrogens is 396 g/mol. The molecule has 1 aromatic heterocycles. The van der Waals surface area contributed by atoms with Crippen molar-refractivity contribution in [3.8, 4) is 5.69 Å². The van der Waals surface area contributed by atoms with Crippen molar-refractivity contribution >= 4 is 22.6 Å². The fraction of sp³-hybridized carbons (Fsp3) is 0.259. The molecule has 1 fully saturated rings. The molecule has 0 bridgehead atoms. The first-order valence-corrected chi connectivity index (χ1v) is 11.2. The minimum atomic E-state index is 0.0828. The maximum atomic E-state index is 13.2. The molecule has 2 heterocycles. The minimum Gasteiger partial charge on any atom is -0.368 e. The summed E-state index contributed by atoms with van der Waals surface area (Å²) < 4.78 is 2.13. The van der Waals surface area contributed by atoms with E-state index in [0.29, 0.717) is 5.56 Å². The summed E-state index contributed by atoms with van der Waals surface area (Å²) in [6.07, 6.45) is 0. The topological polar surface area (TPSA) is 41.4 Å². The van der Waals surface area contributed by atoms with Gasteiger partial charge in [-0.3, -0.25) is 9.36 Å². The third kappa shape index (κ3) is 3.54. The Kier molecular flexibility index (Phi) is 5.17. The maximum Gasteiger partial charge on any atom is 0.254 e. The molecule has 3 aromatic carbocycles. The number of carbonyl (C=O) groups is 1. The minimum absolute atomic E-state index is 0.0828. The second kappa shape index (κ2) is 8.15. The van der Waals surface area contributed by atoms with Gasteiger partial charge in [-0.15, -0.1) is 0 Å². The first-order chi connectivity index (χ1) is 15.5. The SMILES string of the molecule is Cc1cccc(N2CCN(C(=O)c3ccc4c(c3)nc(C)n4-c3ccccc3)CC2)c1C. The zero-order valence-electron chi connectivity index (χ0n) is 18.9. The van der Waals surface area contributed by atoms with E-state index in [1.165, 1.54) is 16.8 Å². The highest BCUT2D eigenvalue weighted by atomic mass is 16.2. The zero-order valence-corrected chi connectivity index (χ0v) is 18.9. The molecule has 1 saturated heterocycles. The second-order valence-electron chi connectivity index (χ2n) is 8.53. The van der Waals surface area contributed by atoms with Gasteiger partial charge in [-0.2, -0.15) is 0 Å². The number of aryl methyl sites for hydroxylation is 2. The lowest BCUT2D eigenvalue weighted by Crippen LogP contribution is -2.49. The van der Waals surface area contributed by atoms with Crippen molar-refractivity contribution in [3.63, 3.8) is 0 Å². The first kappa shape index (κ1) is 20.3. The van der Waals surface area contributed by atoms with E-state index in [1.807, 2.05) is 48.2 Å². The van der Waals surface area contributed by atoms with Gasteiger partial charge < -0.3 is 9.80 Å². The molecule has 0 saturated carbocycles. The normalized spacial score (nSPS) is 14.2.